The Morgan fingerprint density at radius 3 is 1.65 bits per heavy atom. The van der Waals surface area contributed by atoms with Gasteiger partial charge in [0.2, 0.25) is 0 Å². The average molecular weight is 222 g/mol. The zero-order valence-corrected chi connectivity index (χ0v) is 9.63. The molecule has 2 nitrogen and oxygen atoms in total. The molecular formula is C15H14N2. The Bertz CT molecular complexity index is 509. The number of aryl methyl sites for hydroxylation is 2. The lowest BCUT2D eigenvalue weighted by atomic mass is 10.0. The van der Waals surface area contributed by atoms with Gasteiger partial charge in [0.1, 0.15) is 0 Å². The Morgan fingerprint density at radius 1 is 0.647 bits per heavy atom. The van der Waals surface area contributed by atoms with Crippen LogP contribution in [0.1, 0.15) is 17.5 Å². The molecule has 1 aliphatic heterocycles. The van der Waals surface area contributed by atoms with Gasteiger partial charge in [0.05, 0.1) is 11.4 Å². The van der Waals surface area contributed by atoms with Crippen LogP contribution >= 0.6 is 0 Å². The van der Waals surface area contributed by atoms with E-state index in [1.54, 1.807) is 0 Å². The molecule has 2 heteroatoms. The van der Waals surface area contributed by atoms with E-state index < -0.39 is 0 Å². The van der Waals surface area contributed by atoms with Crippen molar-refractivity contribution in [2.24, 2.45) is 10.2 Å². The predicted octanol–water partition coefficient (Wildman–Crippen LogP) is 4.59. The third-order valence-corrected chi connectivity index (χ3v) is 3.14. The zero-order chi connectivity index (χ0) is 11.5. The van der Waals surface area contributed by atoms with Crippen LogP contribution in [0.25, 0.3) is 0 Å². The molecule has 0 saturated carbocycles. The zero-order valence-electron chi connectivity index (χ0n) is 9.63. The van der Waals surface area contributed by atoms with Gasteiger partial charge in [-0.1, -0.05) is 36.4 Å². The lowest BCUT2D eigenvalue weighted by molar-refractivity contribution is 0.825. The molecule has 0 radical (unpaired) electrons. The summed E-state index contributed by atoms with van der Waals surface area (Å²) >= 11 is 0. The lowest BCUT2D eigenvalue weighted by Gasteiger charge is -2.03. The SMILES string of the molecule is c1ccc2c(c1)CCCc1ccccc1/N=N\2. The third kappa shape index (κ3) is 2.11. The number of nitrogens with zero attached hydrogens (tertiary/aromatic N) is 2. The molecule has 0 aromatic heterocycles. The summed E-state index contributed by atoms with van der Waals surface area (Å²) in [6.45, 7) is 0. The van der Waals surface area contributed by atoms with Crippen molar-refractivity contribution in [1.82, 2.24) is 0 Å². The molecule has 0 fully saturated rings. The minimum absolute atomic E-state index is 1.00. The number of hydrogen-bond acceptors (Lipinski definition) is 2. The first kappa shape index (κ1) is 10.2. The molecule has 0 N–H and O–H groups in total. The van der Waals surface area contributed by atoms with Gasteiger partial charge in [0.15, 0.2) is 0 Å². The Labute approximate surface area is 101 Å². The van der Waals surface area contributed by atoms with Gasteiger partial charge in [0, 0.05) is 0 Å². The van der Waals surface area contributed by atoms with Crippen molar-refractivity contribution in [3.8, 4) is 0 Å². The number of fused-ring (bicyclic) bond motifs is 2. The highest BCUT2D eigenvalue weighted by Crippen LogP contribution is 2.28. The third-order valence-electron chi connectivity index (χ3n) is 3.14. The molecule has 0 saturated heterocycles. The normalized spacial score (nSPS) is 16.0. The Hall–Kier alpha value is -1.96. The van der Waals surface area contributed by atoms with E-state index in [2.05, 4.69) is 34.5 Å². The number of benzene rings is 2. The first-order chi connectivity index (χ1) is 8.43. The van der Waals surface area contributed by atoms with Gasteiger partial charge >= 0.3 is 0 Å². The highest BCUT2D eigenvalue weighted by atomic mass is 15.1. The first-order valence-corrected chi connectivity index (χ1v) is 6.01. The van der Waals surface area contributed by atoms with Crippen LogP contribution in [0.5, 0.6) is 0 Å². The number of rotatable bonds is 0. The number of hydrogen-bond donors (Lipinski definition) is 0. The molecule has 3 rings (SSSR count). The first-order valence-electron chi connectivity index (χ1n) is 6.01. The lowest BCUT2D eigenvalue weighted by Crippen LogP contribution is -1.89. The summed E-state index contributed by atoms with van der Waals surface area (Å²) in [6.07, 6.45) is 3.30. The molecule has 84 valence electrons. The van der Waals surface area contributed by atoms with Crippen molar-refractivity contribution in [2.75, 3.05) is 0 Å². The van der Waals surface area contributed by atoms with Gasteiger partial charge in [-0.3, -0.25) is 0 Å². The van der Waals surface area contributed by atoms with E-state index in [-0.39, 0.29) is 0 Å². The van der Waals surface area contributed by atoms with Crippen LogP contribution in [0.3, 0.4) is 0 Å². The molecule has 0 amide bonds. The van der Waals surface area contributed by atoms with Crippen LogP contribution < -0.4 is 0 Å². The molecule has 0 spiro atoms. The molecule has 0 bridgehead atoms. The monoisotopic (exact) mass is 222 g/mol. The molecule has 0 aliphatic carbocycles. The van der Waals surface area contributed by atoms with Gasteiger partial charge in [-0.25, -0.2) is 0 Å². The highest BCUT2D eigenvalue weighted by Gasteiger charge is 2.06. The summed E-state index contributed by atoms with van der Waals surface area (Å²) in [5.74, 6) is 0. The van der Waals surface area contributed by atoms with Crippen molar-refractivity contribution >= 4 is 11.4 Å². The second-order valence-corrected chi connectivity index (χ2v) is 4.31. The second-order valence-electron chi connectivity index (χ2n) is 4.31. The fourth-order valence-electron chi connectivity index (χ4n) is 2.22. The fraction of sp³-hybridized carbons (Fsp3) is 0.200. The van der Waals surface area contributed by atoms with E-state index in [9.17, 15) is 0 Å². The van der Waals surface area contributed by atoms with Gasteiger partial charge in [-0.05, 0) is 42.5 Å². The van der Waals surface area contributed by atoms with Crippen LogP contribution in [-0.4, -0.2) is 0 Å². The maximum atomic E-state index is 4.37. The molecule has 2 aromatic rings. The molecule has 1 heterocycles. The van der Waals surface area contributed by atoms with E-state index in [0.717, 1.165) is 30.6 Å². The summed E-state index contributed by atoms with van der Waals surface area (Å²) in [5, 5.41) is 8.75. The minimum Gasteiger partial charge on any atom is -0.150 e. The van der Waals surface area contributed by atoms with Crippen molar-refractivity contribution in [3.05, 3.63) is 59.7 Å². The van der Waals surface area contributed by atoms with Crippen LogP contribution in [0.4, 0.5) is 11.4 Å². The summed E-state index contributed by atoms with van der Waals surface area (Å²) in [4.78, 5) is 0. The fourth-order valence-corrected chi connectivity index (χ4v) is 2.22. The van der Waals surface area contributed by atoms with Crippen molar-refractivity contribution in [2.45, 2.75) is 19.3 Å². The van der Waals surface area contributed by atoms with E-state index in [1.807, 2.05) is 24.3 Å². The predicted molar refractivity (Wildman–Crippen MR) is 69.1 cm³/mol. The van der Waals surface area contributed by atoms with E-state index in [4.69, 9.17) is 0 Å². The quantitative estimate of drug-likeness (QED) is 0.622. The summed E-state index contributed by atoms with van der Waals surface area (Å²) < 4.78 is 0. The second kappa shape index (κ2) is 4.50. The van der Waals surface area contributed by atoms with E-state index in [0.29, 0.717) is 0 Å². The Balaban J connectivity index is 2.06. The largest absolute Gasteiger partial charge is 0.150 e. The Kier molecular flexibility index (Phi) is 2.70. The average Bonchev–Trinajstić information content (AvgIpc) is 2.47. The standard InChI is InChI=1S/C15H14N2/c1-3-10-14-12(6-1)8-5-9-13-7-2-4-11-15(13)17-16-14/h1-4,6-7,10-11H,5,8-9H2/b17-16-. The van der Waals surface area contributed by atoms with Crippen molar-refractivity contribution < 1.29 is 0 Å². The molecule has 0 unspecified atom stereocenters. The molecule has 0 atom stereocenters. The molecular weight excluding hydrogens is 208 g/mol. The smallest absolute Gasteiger partial charge is 0.0889 e. The van der Waals surface area contributed by atoms with Gasteiger partial charge in [-0.15, -0.1) is 0 Å². The summed E-state index contributed by atoms with van der Waals surface area (Å²) in [5.41, 5.74) is 4.60. The van der Waals surface area contributed by atoms with Gasteiger partial charge < -0.3 is 0 Å². The van der Waals surface area contributed by atoms with Gasteiger partial charge in [-0.2, -0.15) is 10.2 Å². The summed E-state index contributed by atoms with van der Waals surface area (Å²) in [6, 6.07) is 16.5. The number of azo groups is 1. The van der Waals surface area contributed by atoms with Crippen LogP contribution in [0.15, 0.2) is 58.8 Å². The minimum atomic E-state index is 1.00. The van der Waals surface area contributed by atoms with Gasteiger partial charge in [0.25, 0.3) is 0 Å². The topological polar surface area (TPSA) is 24.7 Å². The van der Waals surface area contributed by atoms with Crippen LogP contribution in [-0.2, 0) is 12.8 Å². The van der Waals surface area contributed by atoms with Crippen molar-refractivity contribution in [1.29, 1.82) is 0 Å². The maximum Gasteiger partial charge on any atom is 0.0889 e. The highest BCUT2D eigenvalue weighted by molar-refractivity contribution is 5.50. The summed E-state index contributed by atoms with van der Waals surface area (Å²) in [7, 11) is 0. The molecule has 1 aliphatic rings. The maximum absolute atomic E-state index is 4.37. The van der Waals surface area contributed by atoms with Crippen molar-refractivity contribution in [3.63, 3.8) is 0 Å². The molecule has 2 aromatic carbocycles. The van der Waals surface area contributed by atoms with E-state index in [1.165, 1.54) is 11.1 Å². The van der Waals surface area contributed by atoms with Crippen LogP contribution in [0.2, 0.25) is 0 Å². The van der Waals surface area contributed by atoms with E-state index >= 15 is 0 Å². The van der Waals surface area contributed by atoms with Crippen LogP contribution in [0, 0.1) is 0 Å². The molecule has 17 heavy (non-hydrogen) atoms. The Morgan fingerprint density at radius 2 is 1.12 bits per heavy atom.